The highest BCUT2D eigenvalue weighted by atomic mass is 35.5. The summed E-state index contributed by atoms with van der Waals surface area (Å²) in [6.45, 7) is 0.351. The number of nitrogens with one attached hydrogen (secondary N) is 2. The van der Waals surface area contributed by atoms with Crippen LogP contribution >= 0.6 is 11.6 Å². The van der Waals surface area contributed by atoms with E-state index >= 15 is 0 Å². The van der Waals surface area contributed by atoms with Gasteiger partial charge >= 0.3 is 0 Å². The van der Waals surface area contributed by atoms with Crippen molar-refractivity contribution in [2.45, 2.75) is 6.54 Å². The van der Waals surface area contributed by atoms with Crippen molar-refractivity contribution in [3.05, 3.63) is 63.0 Å². The summed E-state index contributed by atoms with van der Waals surface area (Å²) in [6, 6.07) is 8.34. The van der Waals surface area contributed by atoms with Gasteiger partial charge in [0.15, 0.2) is 5.75 Å². The summed E-state index contributed by atoms with van der Waals surface area (Å²) < 4.78 is 4.83. The Bertz CT molecular complexity index is 665. The topological polar surface area (TPSA) is 71.2 Å². The molecule has 2 aromatic rings. The van der Waals surface area contributed by atoms with E-state index in [-0.39, 0.29) is 22.8 Å². The lowest BCUT2D eigenvalue weighted by Gasteiger charge is -2.06. The number of methoxy groups -OCH3 is 1. The third-order valence-corrected chi connectivity index (χ3v) is 2.96. The highest BCUT2D eigenvalue weighted by Gasteiger charge is 2.08. The predicted octanol–water partition coefficient (Wildman–Crippen LogP) is 1.97. The van der Waals surface area contributed by atoms with Crippen molar-refractivity contribution in [2.75, 3.05) is 7.11 Å². The van der Waals surface area contributed by atoms with E-state index < -0.39 is 0 Å². The fraction of sp³-hybridized carbons (Fsp3) is 0.143. The molecule has 0 bridgehead atoms. The molecule has 0 aliphatic rings. The molecular formula is C14H13ClN2O3. The van der Waals surface area contributed by atoms with Crippen LogP contribution in [0.4, 0.5) is 0 Å². The van der Waals surface area contributed by atoms with Gasteiger partial charge in [0.2, 0.25) is 5.43 Å². The second kappa shape index (κ2) is 6.25. The van der Waals surface area contributed by atoms with Crippen LogP contribution in [-0.2, 0) is 6.54 Å². The minimum absolute atomic E-state index is 0.166. The number of pyridine rings is 1. The first-order valence-corrected chi connectivity index (χ1v) is 6.27. The first kappa shape index (κ1) is 14.1. The Morgan fingerprint density at radius 2 is 2.05 bits per heavy atom. The molecule has 6 heteroatoms. The predicted molar refractivity (Wildman–Crippen MR) is 76.2 cm³/mol. The number of benzene rings is 1. The van der Waals surface area contributed by atoms with Gasteiger partial charge in [-0.05, 0) is 17.7 Å². The minimum atomic E-state index is -0.361. The molecule has 0 saturated heterocycles. The Morgan fingerprint density at radius 1 is 1.35 bits per heavy atom. The van der Waals surface area contributed by atoms with Crippen molar-refractivity contribution in [1.82, 2.24) is 10.3 Å². The maximum Gasteiger partial charge on any atom is 0.268 e. The lowest BCUT2D eigenvalue weighted by atomic mass is 10.2. The van der Waals surface area contributed by atoms with E-state index in [1.807, 2.05) is 12.1 Å². The number of hydrogen-bond acceptors (Lipinski definition) is 3. The highest BCUT2D eigenvalue weighted by molar-refractivity contribution is 6.30. The molecule has 2 rings (SSSR count). The zero-order chi connectivity index (χ0) is 14.5. The average molecular weight is 293 g/mol. The largest absolute Gasteiger partial charge is 0.491 e. The Hall–Kier alpha value is -2.27. The second-order valence-electron chi connectivity index (χ2n) is 4.09. The molecule has 1 heterocycles. The normalized spacial score (nSPS) is 10.1. The number of H-pyrrole nitrogens is 1. The Kier molecular flexibility index (Phi) is 4.42. The first-order chi connectivity index (χ1) is 9.60. The number of rotatable bonds is 4. The molecule has 1 amide bonds. The van der Waals surface area contributed by atoms with Gasteiger partial charge in [0.1, 0.15) is 5.69 Å². The van der Waals surface area contributed by atoms with Crippen molar-refractivity contribution < 1.29 is 9.53 Å². The Labute approximate surface area is 120 Å². The average Bonchev–Trinajstić information content (AvgIpc) is 2.46. The summed E-state index contributed by atoms with van der Waals surface area (Å²) in [5.74, 6) is -0.195. The standard InChI is InChI=1S/C14H13ClN2O3/c1-20-13-8-16-11(6-12(13)18)14(19)17-7-9-2-4-10(15)5-3-9/h2-6,8H,7H2,1H3,(H,16,18)(H,17,19). The number of amides is 1. The van der Waals surface area contributed by atoms with Gasteiger partial charge in [-0.2, -0.15) is 0 Å². The summed E-state index contributed by atoms with van der Waals surface area (Å²) in [4.78, 5) is 26.2. The van der Waals surface area contributed by atoms with Crippen molar-refractivity contribution in [3.63, 3.8) is 0 Å². The maximum atomic E-state index is 11.9. The molecule has 0 unspecified atom stereocenters. The molecule has 0 aliphatic heterocycles. The van der Waals surface area contributed by atoms with Crippen molar-refractivity contribution >= 4 is 17.5 Å². The number of halogens is 1. The van der Waals surface area contributed by atoms with Crippen molar-refractivity contribution in [3.8, 4) is 5.75 Å². The molecule has 20 heavy (non-hydrogen) atoms. The quantitative estimate of drug-likeness (QED) is 0.905. The second-order valence-corrected chi connectivity index (χ2v) is 4.52. The van der Waals surface area contributed by atoms with Gasteiger partial charge in [0.05, 0.1) is 7.11 Å². The number of hydrogen-bond donors (Lipinski definition) is 2. The molecule has 0 aliphatic carbocycles. The molecule has 0 saturated carbocycles. The molecular weight excluding hydrogens is 280 g/mol. The van der Waals surface area contributed by atoms with Gasteiger partial charge in [0.25, 0.3) is 5.91 Å². The van der Waals surface area contributed by atoms with Gasteiger partial charge in [-0.3, -0.25) is 9.59 Å². The Balaban J connectivity index is 2.03. The van der Waals surface area contributed by atoms with Gasteiger partial charge in [0, 0.05) is 23.8 Å². The van der Waals surface area contributed by atoms with Crippen LogP contribution < -0.4 is 15.5 Å². The molecule has 1 aromatic heterocycles. The van der Waals surface area contributed by atoms with Crippen LogP contribution in [0.25, 0.3) is 0 Å². The highest BCUT2D eigenvalue weighted by Crippen LogP contribution is 2.09. The van der Waals surface area contributed by atoms with Crippen molar-refractivity contribution in [2.24, 2.45) is 0 Å². The molecule has 0 atom stereocenters. The molecule has 0 radical (unpaired) electrons. The molecule has 0 fully saturated rings. The zero-order valence-electron chi connectivity index (χ0n) is 10.8. The van der Waals surface area contributed by atoms with Crippen molar-refractivity contribution in [1.29, 1.82) is 0 Å². The molecule has 1 aromatic carbocycles. The number of aromatic nitrogens is 1. The fourth-order valence-corrected chi connectivity index (χ4v) is 1.75. The zero-order valence-corrected chi connectivity index (χ0v) is 11.5. The van der Waals surface area contributed by atoms with E-state index in [1.54, 1.807) is 12.1 Å². The summed E-state index contributed by atoms with van der Waals surface area (Å²) in [5, 5.41) is 3.34. The SMILES string of the molecule is COc1c[nH]c(C(=O)NCc2ccc(Cl)cc2)cc1=O. The van der Waals surface area contributed by atoms with Crippen LogP contribution in [0.3, 0.4) is 0 Å². The maximum absolute atomic E-state index is 11.9. The number of carbonyl (C=O) groups excluding carboxylic acids is 1. The molecule has 0 spiro atoms. The summed E-state index contributed by atoms with van der Waals surface area (Å²) in [5.41, 5.74) is 0.756. The third kappa shape index (κ3) is 3.39. The van der Waals surface area contributed by atoms with Gasteiger partial charge in [-0.15, -0.1) is 0 Å². The molecule has 5 nitrogen and oxygen atoms in total. The third-order valence-electron chi connectivity index (χ3n) is 2.71. The number of carbonyl (C=O) groups is 1. The number of aromatic amines is 1. The van der Waals surface area contributed by atoms with E-state index in [0.29, 0.717) is 11.6 Å². The lowest BCUT2D eigenvalue weighted by molar-refractivity contribution is 0.0945. The van der Waals surface area contributed by atoms with Crippen LogP contribution in [-0.4, -0.2) is 18.0 Å². The Morgan fingerprint density at radius 3 is 2.65 bits per heavy atom. The lowest BCUT2D eigenvalue weighted by Crippen LogP contribution is -2.25. The molecule has 104 valence electrons. The number of ether oxygens (including phenoxy) is 1. The smallest absolute Gasteiger partial charge is 0.268 e. The summed E-state index contributed by atoms with van der Waals surface area (Å²) in [6.07, 6.45) is 1.36. The van der Waals surface area contributed by atoms with E-state index in [4.69, 9.17) is 16.3 Å². The van der Waals surface area contributed by atoms with Crippen LogP contribution in [0, 0.1) is 0 Å². The van der Waals surface area contributed by atoms with Crippen LogP contribution in [0.2, 0.25) is 5.02 Å². The monoisotopic (exact) mass is 292 g/mol. The van der Waals surface area contributed by atoms with Gasteiger partial charge < -0.3 is 15.0 Å². The van der Waals surface area contributed by atoms with Crippen LogP contribution in [0.15, 0.2) is 41.3 Å². The van der Waals surface area contributed by atoms with Crippen LogP contribution in [0.5, 0.6) is 5.75 Å². The molecule has 2 N–H and O–H groups in total. The van der Waals surface area contributed by atoms with E-state index in [0.717, 1.165) is 5.56 Å². The van der Waals surface area contributed by atoms with Gasteiger partial charge in [-0.25, -0.2) is 0 Å². The van der Waals surface area contributed by atoms with Crippen LogP contribution in [0.1, 0.15) is 16.1 Å². The summed E-state index contributed by atoms with van der Waals surface area (Å²) >= 11 is 5.78. The first-order valence-electron chi connectivity index (χ1n) is 5.89. The summed E-state index contributed by atoms with van der Waals surface area (Å²) in [7, 11) is 1.39. The minimum Gasteiger partial charge on any atom is -0.491 e. The van der Waals surface area contributed by atoms with E-state index in [2.05, 4.69) is 10.3 Å². The van der Waals surface area contributed by atoms with Gasteiger partial charge in [-0.1, -0.05) is 23.7 Å². The van der Waals surface area contributed by atoms with E-state index in [9.17, 15) is 9.59 Å². The fourth-order valence-electron chi connectivity index (χ4n) is 1.63. The van der Waals surface area contributed by atoms with E-state index in [1.165, 1.54) is 19.4 Å².